The lowest BCUT2D eigenvalue weighted by atomic mass is 10.1. The molecule has 136 valence electrons. The molecule has 0 atom stereocenters. The van der Waals surface area contributed by atoms with Gasteiger partial charge in [0.15, 0.2) is 0 Å². The second-order valence-electron chi connectivity index (χ2n) is 8.15. The van der Waals surface area contributed by atoms with Crippen LogP contribution in [-0.2, 0) is 0 Å². The molecule has 0 saturated carbocycles. The first-order chi connectivity index (χ1) is 11.9. The highest BCUT2D eigenvalue weighted by Gasteiger charge is 2.21. The molecular formula is C21H27NO2Si2. The lowest BCUT2D eigenvalue weighted by Crippen LogP contribution is -2.25. The van der Waals surface area contributed by atoms with Crippen LogP contribution in [0.2, 0.25) is 39.3 Å². The Balaban J connectivity index is 3.43. The topological polar surface area (TPSA) is 43.1 Å². The monoisotopic (exact) mass is 381 g/mol. The molecule has 0 amide bonds. The predicted octanol–water partition coefficient (Wildman–Crippen LogP) is 5.58. The average Bonchev–Trinajstić information content (AvgIpc) is 2.51. The zero-order valence-electron chi connectivity index (χ0n) is 16.6. The van der Waals surface area contributed by atoms with E-state index in [1.165, 1.54) is 12.1 Å². The summed E-state index contributed by atoms with van der Waals surface area (Å²) in [6.07, 6.45) is 2.59. The molecule has 0 N–H and O–H groups in total. The van der Waals surface area contributed by atoms with Crippen molar-refractivity contribution < 1.29 is 4.92 Å². The van der Waals surface area contributed by atoms with E-state index in [-0.39, 0.29) is 5.69 Å². The number of rotatable bonds is 4. The maximum absolute atomic E-state index is 10.8. The van der Waals surface area contributed by atoms with Crippen molar-refractivity contribution >= 4 is 21.8 Å². The van der Waals surface area contributed by atoms with E-state index in [1.54, 1.807) is 12.1 Å². The molecule has 0 spiro atoms. The van der Waals surface area contributed by atoms with Gasteiger partial charge in [-0.25, -0.2) is 0 Å². The summed E-state index contributed by atoms with van der Waals surface area (Å²) in [5.74, 6) is 9.89. The number of non-ortho nitro benzene ring substituents is 1. The number of benzene rings is 1. The molecule has 0 radical (unpaired) electrons. The Hall–Kier alpha value is -2.35. The summed E-state index contributed by atoms with van der Waals surface area (Å²) < 4.78 is 0. The van der Waals surface area contributed by atoms with Gasteiger partial charge in [-0.2, -0.15) is 0 Å². The van der Waals surface area contributed by atoms with Gasteiger partial charge in [0.05, 0.1) is 13.0 Å². The van der Waals surface area contributed by atoms with Gasteiger partial charge in [-0.05, 0) is 23.7 Å². The molecule has 1 aromatic rings. The Bertz CT molecular complexity index is 831. The molecule has 0 bridgehead atoms. The molecule has 5 heteroatoms. The Morgan fingerprint density at radius 1 is 1.12 bits per heavy atom. The molecule has 26 heavy (non-hydrogen) atoms. The van der Waals surface area contributed by atoms with Crippen LogP contribution in [0.3, 0.4) is 0 Å². The molecule has 1 aromatic carbocycles. The zero-order chi connectivity index (χ0) is 20.0. The fourth-order valence-electron chi connectivity index (χ4n) is 2.14. The minimum absolute atomic E-state index is 0.0739. The van der Waals surface area contributed by atoms with E-state index in [9.17, 15) is 10.1 Å². The number of hydrogen-bond donors (Lipinski definition) is 0. The van der Waals surface area contributed by atoms with Crippen molar-refractivity contribution in [2.24, 2.45) is 0 Å². The quantitative estimate of drug-likeness (QED) is 0.225. The molecule has 0 fully saturated rings. The van der Waals surface area contributed by atoms with Gasteiger partial charge in [0.1, 0.15) is 8.07 Å². The Morgan fingerprint density at radius 2 is 1.69 bits per heavy atom. The maximum Gasteiger partial charge on any atom is 0.269 e. The number of nitrogens with zero attached hydrogens (tertiary/aromatic N) is 1. The third kappa shape index (κ3) is 7.27. The van der Waals surface area contributed by atoms with Gasteiger partial charge < -0.3 is 0 Å². The van der Waals surface area contributed by atoms with Crippen molar-refractivity contribution in [1.82, 2.24) is 0 Å². The van der Waals surface area contributed by atoms with Crippen molar-refractivity contribution in [2.75, 3.05) is 0 Å². The zero-order valence-corrected chi connectivity index (χ0v) is 18.6. The fourth-order valence-corrected chi connectivity index (χ4v) is 4.17. The van der Waals surface area contributed by atoms with Gasteiger partial charge in [-0.15, -0.1) is 12.1 Å². The Kier molecular flexibility index (Phi) is 7.38. The van der Waals surface area contributed by atoms with E-state index in [1.807, 2.05) is 6.08 Å². The van der Waals surface area contributed by atoms with Crippen molar-refractivity contribution in [3.8, 4) is 23.3 Å². The van der Waals surface area contributed by atoms with Crippen LogP contribution in [0.1, 0.15) is 12.0 Å². The van der Waals surface area contributed by atoms with Crippen molar-refractivity contribution in [3.63, 3.8) is 0 Å². The summed E-state index contributed by atoms with van der Waals surface area (Å²) in [4.78, 5) is 10.4. The Morgan fingerprint density at radius 3 is 2.12 bits per heavy atom. The summed E-state index contributed by atoms with van der Waals surface area (Å²) >= 11 is 0. The van der Waals surface area contributed by atoms with Crippen molar-refractivity contribution in [2.45, 2.75) is 45.7 Å². The molecule has 0 aliphatic heterocycles. The lowest BCUT2D eigenvalue weighted by Gasteiger charge is -2.18. The number of allylic oxidation sites excluding steroid dienone is 3. The summed E-state index contributed by atoms with van der Waals surface area (Å²) in [7, 11) is -3.19. The minimum Gasteiger partial charge on any atom is -0.258 e. The number of hydrogen-bond acceptors (Lipinski definition) is 2. The van der Waals surface area contributed by atoms with Crippen LogP contribution < -0.4 is 0 Å². The smallest absolute Gasteiger partial charge is 0.258 e. The van der Waals surface area contributed by atoms with Crippen LogP contribution in [0.15, 0.2) is 47.7 Å². The Labute approximate surface area is 159 Å². The van der Waals surface area contributed by atoms with Gasteiger partial charge in [-0.1, -0.05) is 63.1 Å². The standard InChI is InChI=1S/C21H27NO2Si2/c1-8-9-19(16-17-25(2,3)4)21(26(5,6)7)15-12-18-10-13-20(14-11-18)22(23)24/h8,10-11,13-14H,1,9H2,2-7H3. The second kappa shape index (κ2) is 8.85. The van der Waals surface area contributed by atoms with E-state index in [0.717, 1.165) is 16.3 Å². The molecule has 0 unspecified atom stereocenters. The van der Waals surface area contributed by atoms with E-state index < -0.39 is 21.1 Å². The van der Waals surface area contributed by atoms with Crippen LogP contribution in [0.5, 0.6) is 0 Å². The first-order valence-corrected chi connectivity index (χ1v) is 15.6. The van der Waals surface area contributed by atoms with E-state index in [4.69, 9.17) is 0 Å². The predicted molar refractivity (Wildman–Crippen MR) is 116 cm³/mol. The number of nitro benzene ring substituents is 1. The molecule has 0 aromatic heterocycles. The minimum atomic E-state index is -1.70. The average molecular weight is 382 g/mol. The molecule has 0 saturated heterocycles. The summed E-state index contributed by atoms with van der Waals surface area (Å²) in [6, 6.07) is 6.34. The molecule has 3 nitrogen and oxygen atoms in total. The van der Waals surface area contributed by atoms with Crippen LogP contribution in [0, 0.1) is 33.4 Å². The molecular weight excluding hydrogens is 354 g/mol. The van der Waals surface area contributed by atoms with Crippen molar-refractivity contribution in [1.29, 1.82) is 0 Å². The van der Waals surface area contributed by atoms with Gasteiger partial charge in [0.2, 0.25) is 0 Å². The van der Waals surface area contributed by atoms with Gasteiger partial charge in [0, 0.05) is 23.3 Å². The third-order valence-corrected chi connectivity index (χ3v) is 6.20. The third-order valence-electron chi connectivity index (χ3n) is 3.40. The summed E-state index contributed by atoms with van der Waals surface area (Å²) in [6.45, 7) is 17.3. The lowest BCUT2D eigenvalue weighted by molar-refractivity contribution is -0.384. The fraction of sp³-hybridized carbons (Fsp3) is 0.333. The highest BCUT2D eigenvalue weighted by Crippen LogP contribution is 2.21. The van der Waals surface area contributed by atoms with E-state index in [2.05, 4.69) is 69.2 Å². The molecule has 0 heterocycles. The highest BCUT2D eigenvalue weighted by atomic mass is 28.3. The van der Waals surface area contributed by atoms with Crippen LogP contribution in [0.4, 0.5) is 5.69 Å². The van der Waals surface area contributed by atoms with Crippen LogP contribution in [-0.4, -0.2) is 21.1 Å². The largest absolute Gasteiger partial charge is 0.269 e. The highest BCUT2D eigenvalue weighted by molar-refractivity contribution is 6.85. The van der Waals surface area contributed by atoms with Crippen molar-refractivity contribution in [3.05, 3.63) is 63.4 Å². The molecule has 0 aliphatic rings. The molecule has 1 rings (SSSR count). The maximum atomic E-state index is 10.8. The molecule has 0 aliphatic carbocycles. The van der Waals surface area contributed by atoms with Gasteiger partial charge in [-0.3, -0.25) is 10.1 Å². The second-order valence-corrected chi connectivity index (χ2v) is 17.9. The number of nitro groups is 1. The summed E-state index contributed by atoms with van der Waals surface area (Å²) in [5, 5.41) is 11.9. The van der Waals surface area contributed by atoms with Gasteiger partial charge in [0.25, 0.3) is 5.69 Å². The first-order valence-electron chi connectivity index (χ1n) is 8.58. The van der Waals surface area contributed by atoms with E-state index in [0.29, 0.717) is 6.42 Å². The van der Waals surface area contributed by atoms with Gasteiger partial charge >= 0.3 is 0 Å². The van der Waals surface area contributed by atoms with Crippen LogP contribution in [0.25, 0.3) is 0 Å². The van der Waals surface area contributed by atoms with Crippen LogP contribution >= 0.6 is 0 Å². The SMILES string of the molecule is C=CCC(C#C[Si](C)(C)C)=C(C#Cc1ccc([N+](=O)[O-])cc1)[Si](C)(C)C. The van der Waals surface area contributed by atoms with E-state index >= 15 is 0 Å². The summed E-state index contributed by atoms with van der Waals surface area (Å²) in [5.41, 5.74) is 5.35. The first kappa shape index (κ1) is 21.7. The normalized spacial score (nSPS) is 12.1.